The molecule has 3 N–H and O–H groups in total. The van der Waals surface area contributed by atoms with E-state index in [-0.39, 0.29) is 18.1 Å². The summed E-state index contributed by atoms with van der Waals surface area (Å²) in [6, 6.07) is 7.33. The minimum absolute atomic E-state index is 0.0550. The standard InChI is InChI=1S/C13H18N2O2/c14-7-8-15(11-5-6-11)13(17)9-10-3-1-2-4-12(10)16/h1-4,11,16H,5-9,14H2. The minimum Gasteiger partial charge on any atom is -0.508 e. The SMILES string of the molecule is NCCN(C(=O)Cc1ccccc1O)C1CC1. The zero-order valence-corrected chi connectivity index (χ0v) is 9.80. The molecule has 0 unspecified atom stereocenters. The molecule has 0 atom stereocenters. The van der Waals surface area contributed by atoms with Gasteiger partial charge in [0.1, 0.15) is 5.75 Å². The van der Waals surface area contributed by atoms with Crippen LogP contribution in [-0.2, 0) is 11.2 Å². The van der Waals surface area contributed by atoms with Crippen molar-refractivity contribution < 1.29 is 9.90 Å². The van der Waals surface area contributed by atoms with Gasteiger partial charge in [-0.25, -0.2) is 0 Å². The summed E-state index contributed by atoms with van der Waals surface area (Å²) in [6.45, 7) is 1.10. The Morgan fingerprint density at radius 1 is 1.41 bits per heavy atom. The van der Waals surface area contributed by atoms with E-state index in [1.807, 2.05) is 11.0 Å². The summed E-state index contributed by atoms with van der Waals surface area (Å²) in [5, 5.41) is 9.63. The number of nitrogens with two attached hydrogens (primary N) is 1. The molecule has 4 heteroatoms. The third kappa shape index (κ3) is 2.97. The Kier molecular flexibility index (Phi) is 3.64. The number of benzene rings is 1. The van der Waals surface area contributed by atoms with E-state index in [1.165, 1.54) is 0 Å². The second-order valence-corrected chi connectivity index (χ2v) is 4.41. The average molecular weight is 234 g/mol. The molecule has 1 saturated carbocycles. The molecule has 0 radical (unpaired) electrons. The molecule has 1 aromatic carbocycles. The number of hydrogen-bond acceptors (Lipinski definition) is 3. The fourth-order valence-corrected chi connectivity index (χ4v) is 1.96. The Balaban J connectivity index is 2.02. The Bertz CT molecular complexity index is 402. The van der Waals surface area contributed by atoms with Crippen molar-refractivity contribution >= 4 is 5.91 Å². The number of rotatable bonds is 5. The van der Waals surface area contributed by atoms with Gasteiger partial charge in [0.2, 0.25) is 5.91 Å². The second-order valence-electron chi connectivity index (χ2n) is 4.41. The zero-order valence-electron chi connectivity index (χ0n) is 9.80. The highest BCUT2D eigenvalue weighted by Gasteiger charge is 2.31. The molecule has 4 nitrogen and oxygen atoms in total. The maximum Gasteiger partial charge on any atom is 0.227 e. The number of carbonyl (C=O) groups is 1. The minimum atomic E-state index is 0.0550. The molecule has 1 fully saturated rings. The first kappa shape index (κ1) is 11.9. The van der Waals surface area contributed by atoms with Gasteiger partial charge in [0, 0.05) is 24.7 Å². The van der Waals surface area contributed by atoms with Gasteiger partial charge in [-0.15, -0.1) is 0 Å². The molecule has 0 heterocycles. The van der Waals surface area contributed by atoms with Crippen molar-refractivity contribution in [2.24, 2.45) is 5.73 Å². The molecule has 1 aromatic rings. The van der Waals surface area contributed by atoms with Gasteiger partial charge in [0.25, 0.3) is 0 Å². The zero-order chi connectivity index (χ0) is 12.3. The number of amides is 1. The number of carbonyl (C=O) groups excluding carboxylic acids is 1. The van der Waals surface area contributed by atoms with Gasteiger partial charge < -0.3 is 15.7 Å². The number of aromatic hydroxyl groups is 1. The van der Waals surface area contributed by atoms with E-state index in [4.69, 9.17) is 5.73 Å². The van der Waals surface area contributed by atoms with E-state index in [0.717, 1.165) is 12.8 Å². The highest BCUT2D eigenvalue weighted by Crippen LogP contribution is 2.27. The van der Waals surface area contributed by atoms with E-state index in [2.05, 4.69) is 0 Å². The highest BCUT2D eigenvalue weighted by atomic mass is 16.3. The van der Waals surface area contributed by atoms with E-state index < -0.39 is 0 Å². The predicted octanol–water partition coefficient (Wildman–Crippen LogP) is 0.884. The summed E-state index contributed by atoms with van der Waals surface area (Å²) in [5.41, 5.74) is 6.19. The molecule has 1 aliphatic rings. The Morgan fingerprint density at radius 2 is 2.12 bits per heavy atom. The summed E-state index contributed by atoms with van der Waals surface area (Å²) in [7, 11) is 0. The Hall–Kier alpha value is -1.55. The Morgan fingerprint density at radius 3 is 2.71 bits per heavy atom. The van der Waals surface area contributed by atoms with Crippen LogP contribution >= 0.6 is 0 Å². The summed E-state index contributed by atoms with van der Waals surface area (Å²) in [4.78, 5) is 13.9. The van der Waals surface area contributed by atoms with Crippen LogP contribution in [-0.4, -0.2) is 35.0 Å². The van der Waals surface area contributed by atoms with Crippen LogP contribution in [0.1, 0.15) is 18.4 Å². The van der Waals surface area contributed by atoms with Crippen molar-refractivity contribution in [1.29, 1.82) is 0 Å². The quantitative estimate of drug-likeness (QED) is 0.795. The van der Waals surface area contributed by atoms with Crippen LogP contribution in [0.4, 0.5) is 0 Å². The predicted molar refractivity (Wildman–Crippen MR) is 65.6 cm³/mol. The van der Waals surface area contributed by atoms with Gasteiger partial charge in [0.15, 0.2) is 0 Å². The van der Waals surface area contributed by atoms with Crippen molar-refractivity contribution in [2.45, 2.75) is 25.3 Å². The van der Waals surface area contributed by atoms with Gasteiger partial charge in [-0.05, 0) is 18.9 Å². The van der Waals surface area contributed by atoms with Crippen molar-refractivity contribution in [3.8, 4) is 5.75 Å². The average Bonchev–Trinajstić information content (AvgIpc) is 3.13. The van der Waals surface area contributed by atoms with Crippen LogP contribution in [0.2, 0.25) is 0 Å². The summed E-state index contributed by atoms with van der Waals surface area (Å²) in [6.07, 6.45) is 2.40. The first-order valence-corrected chi connectivity index (χ1v) is 5.98. The first-order valence-electron chi connectivity index (χ1n) is 5.98. The largest absolute Gasteiger partial charge is 0.508 e. The molecular formula is C13H18N2O2. The van der Waals surface area contributed by atoms with Gasteiger partial charge in [-0.1, -0.05) is 18.2 Å². The smallest absolute Gasteiger partial charge is 0.227 e. The monoisotopic (exact) mass is 234 g/mol. The number of phenolic OH excluding ortho intramolecular Hbond substituents is 1. The number of para-hydroxylation sites is 1. The molecule has 1 amide bonds. The van der Waals surface area contributed by atoms with Crippen LogP contribution in [0.15, 0.2) is 24.3 Å². The summed E-state index contributed by atoms with van der Waals surface area (Å²) < 4.78 is 0. The van der Waals surface area contributed by atoms with Crippen LogP contribution in [0.3, 0.4) is 0 Å². The van der Waals surface area contributed by atoms with Crippen molar-refractivity contribution in [3.63, 3.8) is 0 Å². The molecule has 0 spiro atoms. The van der Waals surface area contributed by atoms with E-state index in [0.29, 0.717) is 24.7 Å². The maximum absolute atomic E-state index is 12.1. The van der Waals surface area contributed by atoms with Crippen LogP contribution in [0.25, 0.3) is 0 Å². The van der Waals surface area contributed by atoms with Gasteiger partial charge in [-0.3, -0.25) is 4.79 Å². The Labute approximate surface area is 101 Å². The normalized spacial score (nSPS) is 14.6. The molecule has 0 aliphatic heterocycles. The maximum atomic E-state index is 12.1. The lowest BCUT2D eigenvalue weighted by atomic mass is 10.1. The molecule has 0 saturated heterocycles. The van der Waals surface area contributed by atoms with E-state index >= 15 is 0 Å². The highest BCUT2D eigenvalue weighted by molar-refractivity contribution is 5.80. The molecule has 0 aromatic heterocycles. The number of phenols is 1. The van der Waals surface area contributed by atoms with Crippen molar-refractivity contribution in [1.82, 2.24) is 4.90 Å². The van der Waals surface area contributed by atoms with E-state index in [9.17, 15) is 9.90 Å². The van der Waals surface area contributed by atoms with Crippen molar-refractivity contribution in [3.05, 3.63) is 29.8 Å². The summed E-state index contributed by atoms with van der Waals surface area (Å²) in [5.74, 6) is 0.240. The van der Waals surface area contributed by atoms with Crippen LogP contribution < -0.4 is 5.73 Å². The lowest BCUT2D eigenvalue weighted by molar-refractivity contribution is -0.131. The lowest BCUT2D eigenvalue weighted by Crippen LogP contribution is -2.38. The van der Waals surface area contributed by atoms with Crippen molar-refractivity contribution in [2.75, 3.05) is 13.1 Å². The molecular weight excluding hydrogens is 216 g/mol. The fourth-order valence-electron chi connectivity index (χ4n) is 1.96. The number of nitrogens with zero attached hydrogens (tertiary/aromatic N) is 1. The summed E-state index contributed by atoms with van der Waals surface area (Å²) >= 11 is 0. The molecule has 1 aliphatic carbocycles. The molecule has 2 rings (SSSR count). The molecule has 17 heavy (non-hydrogen) atoms. The van der Waals surface area contributed by atoms with Crippen LogP contribution in [0.5, 0.6) is 5.75 Å². The lowest BCUT2D eigenvalue weighted by Gasteiger charge is -2.21. The second kappa shape index (κ2) is 5.19. The number of hydrogen-bond donors (Lipinski definition) is 2. The molecule has 92 valence electrons. The third-order valence-electron chi connectivity index (χ3n) is 3.01. The van der Waals surface area contributed by atoms with Gasteiger partial charge in [0.05, 0.1) is 6.42 Å². The van der Waals surface area contributed by atoms with Gasteiger partial charge in [-0.2, -0.15) is 0 Å². The van der Waals surface area contributed by atoms with Gasteiger partial charge >= 0.3 is 0 Å². The van der Waals surface area contributed by atoms with Crippen LogP contribution in [0, 0.1) is 0 Å². The molecule has 0 bridgehead atoms. The van der Waals surface area contributed by atoms with E-state index in [1.54, 1.807) is 18.2 Å². The topological polar surface area (TPSA) is 66.6 Å². The first-order chi connectivity index (χ1) is 8.22. The third-order valence-corrected chi connectivity index (χ3v) is 3.01. The fraction of sp³-hybridized carbons (Fsp3) is 0.462.